The lowest BCUT2D eigenvalue weighted by molar-refractivity contribution is 0.0913. The van der Waals surface area contributed by atoms with E-state index in [9.17, 15) is 13.2 Å². The molecule has 0 saturated heterocycles. The van der Waals surface area contributed by atoms with Gasteiger partial charge in [0.15, 0.2) is 0 Å². The van der Waals surface area contributed by atoms with Crippen LogP contribution in [0.25, 0.3) is 0 Å². The number of rotatable bonds is 15. The molecular weight excluding hydrogens is 496 g/mol. The van der Waals surface area contributed by atoms with E-state index in [2.05, 4.69) is 17.2 Å². The van der Waals surface area contributed by atoms with E-state index in [0.29, 0.717) is 37.2 Å². The van der Waals surface area contributed by atoms with Gasteiger partial charge in [-0.3, -0.25) is 4.79 Å². The molecule has 1 aromatic heterocycles. The van der Waals surface area contributed by atoms with Crippen LogP contribution in [0.3, 0.4) is 0 Å². The zero-order valence-corrected chi connectivity index (χ0v) is 22.7. The number of amides is 1. The van der Waals surface area contributed by atoms with Crippen molar-refractivity contribution in [2.24, 2.45) is 17.6 Å². The summed E-state index contributed by atoms with van der Waals surface area (Å²) in [5.74, 6) is 0.962. The lowest BCUT2D eigenvalue weighted by Gasteiger charge is -2.26. The Morgan fingerprint density at radius 3 is 2.51 bits per heavy atom. The third kappa shape index (κ3) is 9.26. The van der Waals surface area contributed by atoms with Crippen LogP contribution in [0, 0.1) is 11.8 Å². The zero-order chi connectivity index (χ0) is 27.0. The van der Waals surface area contributed by atoms with Gasteiger partial charge in [0.25, 0.3) is 5.91 Å². The van der Waals surface area contributed by atoms with Crippen LogP contribution in [0.1, 0.15) is 29.3 Å². The molecule has 1 amide bonds. The molecule has 1 saturated carbocycles. The van der Waals surface area contributed by atoms with Gasteiger partial charge in [-0.25, -0.2) is 0 Å². The van der Waals surface area contributed by atoms with Gasteiger partial charge in [-0.2, -0.15) is 13.4 Å². The summed E-state index contributed by atoms with van der Waals surface area (Å²) in [6, 6.07) is 11.8. The Balaban J connectivity index is 1.91. The van der Waals surface area contributed by atoms with Crippen LogP contribution in [0.4, 0.5) is 5.82 Å². The predicted molar refractivity (Wildman–Crippen MR) is 142 cm³/mol. The van der Waals surface area contributed by atoms with Crippen LogP contribution in [0.2, 0.25) is 0 Å². The van der Waals surface area contributed by atoms with E-state index in [1.165, 1.54) is 6.07 Å². The number of hydrogen-bond donors (Lipinski definition) is 2. The maximum absolute atomic E-state index is 13.5. The van der Waals surface area contributed by atoms with Gasteiger partial charge in [0, 0.05) is 45.0 Å². The summed E-state index contributed by atoms with van der Waals surface area (Å²) in [6.45, 7) is 4.14. The monoisotopic (exact) mass is 534 g/mol. The number of hydrogen-bond acceptors (Lipinski definition) is 9. The Morgan fingerprint density at radius 1 is 1.22 bits per heavy atom. The van der Waals surface area contributed by atoms with Gasteiger partial charge in [-0.15, -0.1) is 0 Å². The average molecular weight is 535 g/mol. The molecule has 1 fully saturated rings. The van der Waals surface area contributed by atoms with Gasteiger partial charge in [0.1, 0.15) is 5.82 Å². The van der Waals surface area contributed by atoms with Crippen molar-refractivity contribution in [3.63, 3.8) is 0 Å². The average Bonchev–Trinajstić information content (AvgIpc) is 3.55. The molecule has 1 aliphatic carbocycles. The van der Waals surface area contributed by atoms with E-state index < -0.39 is 28.1 Å². The molecule has 3 rings (SSSR count). The van der Waals surface area contributed by atoms with Crippen molar-refractivity contribution in [1.82, 2.24) is 10.3 Å². The predicted octanol–water partition coefficient (Wildman–Crippen LogP) is 1.84. The van der Waals surface area contributed by atoms with Crippen LogP contribution in [0.5, 0.6) is 5.88 Å². The van der Waals surface area contributed by atoms with Gasteiger partial charge in [0.2, 0.25) is 5.88 Å². The van der Waals surface area contributed by atoms with Crippen molar-refractivity contribution in [3.05, 3.63) is 53.6 Å². The minimum absolute atomic E-state index is 0.169. The molecule has 3 N–H and O–H groups in total. The summed E-state index contributed by atoms with van der Waals surface area (Å²) < 4.78 is 39.4. The van der Waals surface area contributed by atoms with Gasteiger partial charge in [-0.1, -0.05) is 37.3 Å². The number of nitrogens with two attached hydrogens (primary N) is 1. The first kappa shape index (κ1) is 28.8. The zero-order valence-electron chi connectivity index (χ0n) is 21.9. The molecule has 0 aliphatic heterocycles. The Bertz CT molecular complexity index is 1130. The largest absolute Gasteiger partial charge is 0.383 e. The van der Waals surface area contributed by atoms with Crippen molar-refractivity contribution in [2.75, 3.05) is 51.7 Å². The van der Waals surface area contributed by atoms with Crippen molar-refractivity contribution < 1.29 is 26.9 Å². The highest BCUT2D eigenvalue weighted by Gasteiger charge is 2.34. The molecule has 37 heavy (non-hydrogen) atoms. The van der Waals surface area contributed by atoms with Crippen molar-refractivity contribution in [1.29, 1.82) is 0 Å². The Hall–Kier alpha value is -2.73. The summed E-state index contributed by atoms with van der Waals surface area (Å²) in [5, 5.41) is 3.01. The van der Waals surface area contributed by atoms with Gasteiger partial charge < -0.3 is 29.6 Å². The van der Waals surface area contributed by atoms with Gasteiger partial charge >= 0.3 is 10.1 Å². The molecule has 204 valence electrons. The standard InChI is InChI=1S/C26H38N4O6S/c1-18-12-21(18)16-30(10-11-34-2)24-14-20(15-25(29-24)36-37(4,32)33)26(31)28-23(22(27)17-35-3)13-19-8-6-5-7-9-19/h5-9,14-15,18,21-23H,10-13,16-17,27H2,1-4H3,(H,28,31)/t18?,21?,22?,23-/m0/s1. The van der Waals surface area contributed by atoms with E-state index in [-0.39, 0.29) is 18.1 Å². The summed E-state index contributed by atoms with van der Waals surface area (Å²) in [4.78, 5) is 19.9. The topological polar surface area (TPSA) is 133 Å². The summed E-state index contributed by atoms with van der Waals surface area (Å²) in [5.41, 5.74) is 7.58. The number of anilines is 1. The van der Waals surface area contributed by atoms with Crippen LogP contribution >= 0.6 is 0 Å². The van der Waals surface area contributed by atoms with Crippen LogP contribution in [-0.2, 0) is 26.0 Å². The number of carbonyl (C=O) groups excluding carboxylic acids is 1. The maximum Gasteiger partial charge on any atom is 0.307 e. The maximum atomic E-state index is 13.5. The van der Waals surface area contributed by atoms with Gasteiger partial charge in [0.05, 0.1) is 25.5 Å². The quantitative estimate of drug-likeness (QED) is 0.328. The van der Waals surface area contributed by atoms with E-state index in [1.807, 2.05) is 35.2 Å². The number of pyridine rings is 1. The number of benzene rings is 1. The van der Waals surface area contributed by atoms with Crippen molar-refractivity contribution in [3.8, 4) is 5.88 Å². The summed E-state index contributed by atoms with van der Waals surface area (Å²) in [7, 11) is -0.686. The van der Waals surface area contributed by atoms with Crippen LogP contribution in [0.15, 0.2) is 42.5 Å². The molecule has 1 aliphatic rings. The molecule has 10 nitrogen and oxygen atoms in total. The lowest BCUT2D eigenvalue weighted by atomic mass is 9.99. The lowest BCUT2D eigenvalue weighted by Crippen LogP contribution is -2.51. The third-order valence-electron chi connectivity index (χ3n) is 6.40. The van der Waals surface area contributed by atoms with E-state index >= 15 is 0 Å². The highest BCUT2D eigenvalue weighted by molar-refractivity contribution is 7.86. The summed E-state index contributed by atoms with van der Waals surface area (Å²) >= 11 is 0. The highest BCUT2D eigenvalue weighted by atomic mass is 32.2. The first-order valence-electron chi connectivity index (χ1n) is 12.3. The number of nitrogens with one attached hydrogen (secondary N) is 1. The number of nitrogens with zero attached hydrogens (tertiary/aromatic N) is 2. The van der Waals surface area contributed by atoms with E-state index in [4.69, 9.17) is 19.4 Å². The number of methoxy groups -OCH3 is 2. The molecule has 0 bridgehead atoms. The second kappa shape index (κ2) is 13.2. The number of aromatic nitrogens is 1. The van der Waals surface area contributed by atoms with Crippen LogP contribution < -0.4 is 20.1 Å². The molecule has 1 heterocycles. The Kier molecular flexibility index (Phi) is 10.3. The molecule has 0 spiro atoms. The third-order valence-corrected chi connectivity index (χ3v) is 6.87. The first-order chi connectivity index (χ1) is 17.6. The van der Waals surface area contributed by atoms with E-state index in [0.717, 1.165) is 24.8 Å². The second-order valence-electron chi connectivity index (χ2n) is 9.64. The molecule has 11 heteroatoms. The van der Waals surface area contributed by atoms with Crippen LogP contribution in [-0.4, -0.2) is 78.2 Å². The highest BCUT2D eigenvalue weighted by Crippen LogP contribution is 2.39. The van der Waals surface area contributed by atoms with Crippen molar-refractivity contribution in [2.45, 2.75) is 31.8 Å². The number of carbonyl (C=O) groups is 1. The Morgan fingerprint density at radius 2 is 1.92 bits per heavy atom. The molecule has 0 radical (unpaired) electrons. The number of ether oxygens (including phenoxy) is 2. The minimum Gasteiger partial charge on any atom is -0.383 e. The fourth-order valence-electron chi connectivity index (χ4n) is 4.16. The SMILES string of the molecule is COCCN(CC1CC1C)c1cc(C(=O)N[C@@H](Cc2ccccc2)C(N)COC)cc(OS(C)(=O)=O)n1. The molecule has 2 aromatic rings. The molecule has 1 aromatic carbocycles. The van der Waals surface area contributed by atoms with Crippen molar-refractivity contribution >= 4 is 21.8 Å². The van der Waals surface area contributed by atoms with Gasteiger partial charge in [-0.05, 0) is 36.3 Å². The smallest absolute Gasteiger partial charge is 0.307 e. The molecular formula is C26H38N4O6S. The molecule has 3 unspecified atom stereocenters. The first-order valence-corrected chi connectivity index (χ1v) is 14.2. The van der Waals surface area contributed by atoms with E-state index in [1.54, 1.807) is 20.3 Å². The fraction of sp³-hybridized carbons (Fsp3) is 0.538. The molecule has 4 atom stereocenters. The normalized spacial score (nSPS) is 18.6. The fourth-order valence-corrected chi connectivity index (χ4v) is 4.55. The minimum atomic E-state index is -3.86. The summed E-state index contributed by atoms with van der Waals surface area (Å²) in [6.07, 6.45) is 2.55. The second-order valence-corrected chi connectivity index (χ2v) is 11.2. The Labute approximate surface area is 219 Å².